The van der Waals surface area contributed by atoms with Crippen LogP contribution in [0.3, 0.4) is 0 Å². The molecular weight excluding hydrogens is 687 g/mol. The molecule has 0 saturated heterocycles. The summed E-state index contributed by atoms with van der Waals surface area (Å²) in [4.78, 5) is 10.4. The van der Waals surface area contributed by atoms with Gasteiger partial charge in [-0.3, -0.25) is 4.57 Å². The summed E-state index contributed by atoms with van der Waals surface area (Å²) in [5, 5.41) is 2.44. The Kier molecular flexibility index (Phi) is 7.11. The van der Waals surface area contributed by atoms with E-state index in [1.165, 1.54) is 38.5 Å². The summed E-state index contributed by atoms with van der Waals surface area (Å²) < 4.78 is 34.7. The summed E-state index contributed by atoms with van der Waals surface area (Å²) >= 11 is 0. The van der Waals surface area contributed by atoms with Crippen LogP contribution in [0.15, 0.2) is 71.9 Å². The highest BCUT2D eigenvalue weighted by Crippen LogP contribution is 2.54. The summed E-state index contributed by atoms with van der Waals surface area (Å²) in [6.07, 6.45) is 0.559. The smallest absolute Gasteiger partial charge is 0.217 e. The lowest BCUT2D eigenvalue weighted by Crippen LogP contribution is -2.48. The normalized spacial score (nSPS) is 22.5. The summed E-state index contributed by atoms with van der Waals surface area (Å²) in [6, 6.07) is 21.9. The van der Waals surface area contributed by atoms with Gasteiger partial charge < -0.3 is 9.47 Å². The quantitative estimate of drug-likeness (QED) is 0.181. The summed E-state index contributed by atoms with van der Waals surface area (Å²) in [5.74, 6) is 1.99. The Morgan fingerprint density at radius 2 is 1.48 bits per heavy atom. The van der Waals surface area contributed by atoms with Gasteiger partial charge in [0, 0.05) is 36.8 Å². The maximum Gasteiger partial charge on any atom is 0.217 e. The van der Waals surface area contributed by atoms with Crippen LogP contribution >= 0.6 is 0 Å². The van der Waals surface area contributed by atoms with Gasteiger partial charge >= 0.3 is 0 Å². The van der Waals surface area contributed by atoms with E-state index in [0.717, 1.165) is 56.0 Å². The van der Waals surface area contributed by atoms with E-state index >= 15 is 0 Å². The minimum atomic E-state index is -1.56. The highest BCUT2D eigenvalue weighted by atomic mass is 16.5. The molecule has 2 aromatic heterocycles. The zero-order valence-corrected chi connectivity index (χ0v) is 35.7. The van der Waals surface area contributed by atoms with Gasteiger partial charge in [-0.2, -0.15) is 0 Å². The number of pyridine rings is 1. The van der Waals surface area contributed by atoms with Crippen LogP contribution in [0.5, 0.6) is 11.5 Å². The van der Waals surface area contributed by atoms with Gasteiger partial charge in [-0.15, -0.1) is 0 Å². The van der Waals surface area contributed by atoms with Gasteiger partial charge in [0.15, 0.2) is 0 Å². The maximum absolute atomic E-state index is 9.23. The van der Waals surface area contributed by atoms with Crippen LogP contribution in [0.4, 0.5) is 0 Å². The van der Waals surface area contributed by atoms with Crippen LogP contribution in [0.1, 0.15) is 140 Å². The molecule has 0 unspecified atom stereocenters. The molecule has 4 heterocycles. The fourth-order valence-electron chi connectivity index (χ4n) is 9.36. The molecular formula is C51H57N3O2. The zero-order valence-electron chi connectivity index (χ0n) is 37.7. The van der Waals surface area contributed by atoms with Crippen molar-refractivity contribution in [2.75, 3.05) is 0 Å². The summed E-state index contributed by atoms with van der Waals surface area (Å²) in [7, 11) is 0. The van der Waals surface area contributed by atoms with Gasteiger partial charge in [0.2, 0.25) is 5.90 Å². The third-order valence-electron chi connectivity index (χ3n) is 13.5. The molecule has 0 saturated carbocycles. The molecule has 6 aromatic rings. The van der Waals surface area contributed by atoms with E-state index in [-0.39, 0.29) is 22.7 Å². The molecule has 3 aliphatic rings. The summed E-state index contributed by atoms with van der Waals surface area (Å²) in [5.41, 5.74) is 12.9. The molecule has 0 N–H and O–H groups in total. The topological polar surface area (TPSA) is 48.6 Å². The Hall–Kier alpha value is -4.90. The van der Waals surface area contributed by atoms with Crippen LogP contribution in [-0.4, -0.2) is 21.0 Å². The number of nitrogens with zero attached hydrogens (tertiary/aromatic N) is 3. The van der Waals surface area contributed by atoms with Crippen molar-refractivity contribution in [2.45, 2.75) is 137 Å². The van der Waals surface area contributed by atoms with Crippen LogP contribution in [-0.2, 0) is 32.9 Å². The van der Waals surface area contributed by atoms with Crippen molar-refractivity contribution in [3.8, 4) is 17.2 Å². The molecule has 2 aliphatic heterocycles. The number of rotatable bonds is 3. The van der Waals surface area contributed by atoms with Crippen molar-refractivity contribution in [3.63, 3.8) is 0 Å². The van der Waals surface area contributed by atoms with Crippen LogP contribution in [0.2, 0.25) is 0 Å². The summed E-state index contributed by atoms with van der Waals surface area (Å²) in [6.45, 7) is 30.7. The third kappa shape index (κ3) is 5.11. The Labute approximate surface area is 336 Å². The number of fused-ring (bicyclic) bond motifs is 8. The van der Waals surface area contributed by atoms with Crippen LogP contribution < -0.4 is 4.74 Å². The average Bonchev–Trinajstić information content (AvgIpc) is 3.60. The molecule has 2 atom stereocenters. The third-order valence-corrected chi connectivity index (χ3v) is 13.5. The number of aryl methyl sites for hydroxylation is 3. The molecule has 5 heteroatoms. The van der Waals surface area contributed by atoms with Gasteiger partial charge in [-0.1, -0.05) is 73.6 Å². The van der Waals surface area contributed by atoms with Crippen molar-refractivity contribution in [3.05, 3.63) is 128 Å². The standard InChI is InChI=1S/C51H57N3O2/c1-28-15-16-38-36(31(28)4)17-19-50(13)51(38,14)53-46(56-50)32-22-33(47(5,6)7)24-35(23-32)55-42-27-41-39(21-30(42)3)49(11,12)40-26-34(48(8,9)10)25-37-43-29(2)18-20-52-45(43)54(41)44(37)40/h15-16,18,20-27H,17,19H2,1-14H3/t50-,51+/m0/s1/i17D2. The fraction of sp³-hybridized carbons (Fsp3) is 0.412. The molecule has 288 valence electrons. The van der Waals surface area contributed by atoms with E-state index in [0.29, 0.717) is 11.6 Å². The number of benzene rings is 4. The number of hydrogen-bond acceptors (Lipinski definition) is 4. The first-order chi connectivity index (χ1) is 26.9. The van der Waals surface area contributed by atoms with Crippen LogP contribution in [0.25, 0.3) is 27.6 Å². The number of hydrogen-bond donors (Lipinski definition) is 0. The Morgan fingerprint density at radius 3 is 2.20 bits per heavy atom. The van der Waals surface area contributed by atoms with Gasteiger partial charge in [0.25, 0.3) is 0 Å². The van der Waals surface area contributed by atoms with E-state index in [9.17, 15) is 2.74 Å². The van der Waals surface area contributed by atoms with Crippen molar-refractivity contribution in [2.24, 2.45) is 4.99 Å². The van der Waals surface area contributed by atoms with Gasteiger partial charge in [-0.25, -0.2) is 9.98 Å². The highest BCUT2D eigenvalue weighted by Gasteiger charge is 2.56. The van der Waals surface area contributed by atoms with E-state index in [1.54, 1.807) is 0 Å². The number of aliphatic imine (C=N–C) groups is 1. The van der Waals surface area contributed by atoms with Crippen molar-refractivity contribution in [1.82, 2.24) is 9.55 Å². The predicted octanol–water partition coefficient (Wildman–Crippen LogP) is 12.8. The molecule has 56 heavy (non-hydrogen) atoms. The molecule has 9 rings (SSSR count). The molecule has 0 fully saturated rings. The SMILES string of the molecule is [2H]C1([2H])C[C@]2(C)OC(c3cc(Oc4cc5c(cc4C)C(C)(C)c4cc(C(C)(C)C)cc6c7c(C)ccnc7n-5c46)cc(C(C)(C)C)c3)=N[C@]2(C)c2ccc(C)c(C)c21. The Balaban J connectivity index is 1.20. The lowest BCUT2D eigenvalue weighted by Gasteiger charge is -2.43. The second-order valence-corrected chi connectivity index (χ2v) is 19.8. The minimum Gasteiger partial charge on any atom is -0.468 e. The first kappa shape index (κ1) is 34.4. The van der Waals surface area contributed by atoms with Gasteiger partial charge in [-0.05, 0) is 157 Å². The first-order valence-electron chi connectivity index (χ1n) is 21.2. The highest BCUT2D eigenvalue weighted by molar-refractivity contribution is 6.12. The van der Waals surface area contributed by atoms with Gasteiger partial charge in [0.1, 0.15) is 28.3 Å². The van der Waals surface area contributed by atoms with E-state index in [4.69, 9.17) is 19.5 Å². The molecule has 0 amide bonds. The van der Waals surface area contributed by atoms with E-state index in [1.807, 2.05) is 33.0 Å². The average molecular weight is 746 g/mol. The van der Waals surface area contributed by atoms with E-state index in [2.05, 4.69) is 135 Å². The lowest BCUT2D eigenvalue weighted by atomic mass is 9.67. The first-order valence-corrected chi connectivity index (χ1v) is 20.2. The molecule has 0 radical (unpaired) electrons. The Bertz CT molecular complexity index is 2810. The number of ether oxygens (including phenoxy) is 2. The van der Waals surface area contributed by atoms with Crippen LogP contribution in [0, 0.1) is 27.7 Å². The van der Waals surface area contributed by atoms with Crippen molar-refractivity contribution in [1.29, 1.82) is 0 Å². The maximum atomic E-state index is 9.23. The second kappa shape index (κ2) is 11.6. The zero-order chi connectivity index (χ0) is 41.9. The second-order valence-electron chi connectivity index (χ2n) is 19.8. The number of aromatic nitrogens is 2. The lowest BCUT2D eigenvalue weighted by molar-refractivity contribution is 0.0163. The van der Waals surface area contributed by atoms with Crippen molar-refractivity contribution < 1.29 is 12.2 Å². The monoisotopic (exact) mass is 745 g/mol. The Morgan fingerprint density at radius 1 is 0.768 bits per heavy atom. The fourth-order valence-corrected chi connectivity index (χ4v) is 9.36. The minimum absolute atomic E-state index is 0.0152. The molecule has 4 aromatic carbocycles. The molecule has 0 spiro atoms. The largest absolute Gasteiger partial charge is 0.468 e. The van der Waals surface area contributed by atoms with E-state index < -0.39 is 17.5 Å². The predicted molar refractivity (Wildman–Crippen MR) is 232 cm³/mol. The molecule has 1 aliphatic carbocycles. The molecule has 0 bridgehead atoms. The van der Waals surface area contributed by atoms with Crippen molar-refractivity contribution >= 4 is 27.8 Å². The molecule has 5 nitrogen and oxygen atoms in total. The van der Waals surface area contributed by atoms with Gasteiger partial charge in [0.05, 0.1) is 11.2 Å².